The van der Waals surface area contributed by atoms with E-state index in [4.69, 9.17) is 0 Å². The number of aliphatic imine (C=N–C) groups is 1. The Morgan fingerprint density at radius 2 is 1.86 bits per heavy atom. The number of aromatic nitrogens is 1. The number of hydrogen-bond donors (Lipinski definition) is 0. The van der Waals surface area contributed by atoms with E-state index in [0.717, 1.165) is 11.3 Å². The van der Waals surface area contributed by atoms with Crippen LogP contribution < -0.4 is 0 Å². The van der Waals surface area contributed by atoms with E-state index in [9.17, 15) is 10.1 Å². The maximum absolute atomic E-state index is 10.7. The first-order valence-corrected chi connectivity index (χ1v) is 6.74. The van der Waals surface area contributed by atoms with Crippen molar-refractivity contribution in [2.45, 2.75) is 0 Å². The summed E-state index contributed by atoms with van der Waals surface area (Å²) in [5, 5.41) is 10.7. The molecule has 0 saturated carbocycles. The Kier molecular flexibility index (Phi) is 3.78. The third-order valence-corrected chi connectivity index (χ3v) is 3.17. The van der Waals surface area contributed by atoms with Gasteiger partial charge in [-0.25, -0.2) is 0 Å². The van der Waals surface area contributed by atoms with Gasteiger partial charge < -0.3 is 4.57 Å². The van der Waals surface area contributed by atoms with Gasteiger partial charge in [-0.1, -0.05) is 24.3 Å². The zero-order valence-electron chi connectivity index (χ0n) is 11.7. The summed E-state index contributed by atoms with van der Waals surface area (Å²) < 4.78 is 1.99. The lowest BCUT2D eigenvalue weighted by molar-refractivity contribution is -0.384. The van der Waals surface area contributed by atoms with E-state index >= 15 is 0 Å². The average molecular weight is 291 g/mol. The van der Waals surface area contributed by atoms with Crippen LogP contribution in [0, 0.1) is 10.1 Å². The predicted octanol–water partition coefficient (Wildman–Crippen LogP) is 4.14. The molecule has 0 aliphatic heterocycles. The van der Waals surface area contributed by atoms with Crippen LogP contribution in [0.25, 0.3) is 5.69 Å². The van der Waals surface area contributed by atoms with Crippen LogP contribution in [0.1, 0.15) is 5.56 Å². The molecular formula is C17H13N3O2. The van der Waals surface area contributed by atoms with E-state index in [1.807, 2.05) is 53.4 Å². The second-order valence-electron chi connectivity index (χ2n) is 4.72. The quantitative estimate of drug-likeness (QED) is 0.412. The molecule has 0 bridgehead atoms. The van der Waals surface area contributed by atoms with Crippen LogP contribution in [0.3, 0.4) is 0 Å². The lowest BCUT2D eigenvalue weighted by Crippen LogP contribution is -1.88. The third-order valence-electron chi connectivity index (χ3n) is 3.17. The monoisotopic (exact) mass is 291 g/mol. The molecule has 0 amide bonds. The largest absolute Gasteiger partial charge is 0.323 e. The van der Waals surface area contributed by atoms with Gasteiger partial charge in [0.1, 0.15) is 0 Å². The van der Waals surface area contributed by atoms with E-state index in [-0.39, 0.29) is 5.69 Å². The van der Waals surface area contributed by atoms with Crippen molar-refractivity contribution < 1.29 is 4.92 Å². The number of non-ortho nitro benzene ring substituents is 1. The van der Waals surface area contributed by atoms with Crippen LogP contribution >= 0.6 is 0 Å². The van der Waals surface area contributed by atoms with Crippen molar-refractivity contribution in [3.8, 4) is 5.69 Å². The molecule has 0 saturated heterocycles. The highest BCUT2D eigenvalue weighted by Gasteiger charge is 2.04. The van der Waals surface area contributed by atoms with Crippen LogP contribution in [0.5, 0.6) is 0 Å². The van der Waals surface area contributed by atoms with Gasteiger partial charge in [0.25, 0.3) is 5.69 Å². The number of nitrogens with zero attached hydrogens (tertiary/aromatic N) is 3. The van der Waals surface area contributed by atoms with Crippen molar-refractivity contribution in [3.63, 3.8) is 0 Å². The van der Waals surface area contributed by atoms with Crippen molar-refractivity contribution >= 4 is 17.6 Å². The van der Waals surface area contributed by atoms with Crippen molar-refractivity contribution in [2.24, 2.45) is 4.99 Å². The van der Waals surface area contributed by atoms with Gasteiger partial charge >= 0.3 is 0 Å². The molecule has 0 fully saturated rings. The van der Waals surface area contributed by atoms with Gasteiger partial charge in [-0.3, -0.25) is 15.1 Å². The molecule has 3 rings (SSSR count). The molecule has 22 heavy (non-hydrogen) atoms. The van der Waals surface area contributed by atoms with Gasteiger partial charge in [-0.05, 0) is 24.3 Å². The molecule has 0 aliphatic carbocycles. The Bertz CT molecular complexity index is 823. The van der Waals surface area contributed by atoms with Crippen LogP contribution in [0.2, 0.25) is 0 Å². The standard InChI is InChI=1S/C17H13N3O2/c21-20(22)17-8-4-5-15(11-17)18-12-14-9-10-19(13-14)16-6-2-1-3-7-16/h1-13H. The van der Waals surface area contributed by atoms with Crippen LogP contribution in [-0.2, 0) is 0 Å². The second-order valence-corrected chi connectivity index (χ2v) is 4.72. The van der Waals surface area contributed by atoms with Gasteiger partial charge in [0.15, 0.2) is 0 Å². The number of para-hydroxylation sites is 1. The number of hydrogen-bond acceptors (Lipinski definition) is 3. The highest BCUT2D eigenvalue weighted by atomic mass is 16.6. The minimum absolute atomic E-state index is 0.0384. The summed E-state index contributed by atoms with van der Waals surface area (Å²) in [4.78, 5) is 14.6. The normalized spacial score (nSPS) is 10.9. The van der Waals surface area contributed by atoms with Gasteiger partial charge in [-0.15, -0.1) is 0 Å². The first kappa shape index (κ1) is 13.8. The summed E-state index contributed by atoms with van der Waals surface area (Å²) in [6.45, 7) is 0. The molecule has 0 N–H and O–H groups in total. The predicted molar refractivity (Wildman–Crippen MR) is 86.1 cm³/mol. The number of nitro benzene ring substituents is 1. The molecule has 1 aromatic heterocycles. The molecule has 3 aromatic rings. The Morgan fingerprint density at radius 3 is 2.64 bits per heavy atom. The minimum atomic E-state index is -0.426. The number of benzene rings is 2. The first-order valence-electron chi connectivity index (χ1n) is 6.74. The summed E-state index contributed by atoms with van der Waals surface area (Å²) in [5.41, 5.74) is 2.59. The maximum Gasteiger partial charge on any atom is 0.271 e. The smallest absolute Gasteiger partial charge is 0.271 e. The van der Waals surface area contributed by atoms with E-state index in [1.165, 1.54) is 12.1 Å². The fraction of sp³-hybridized carbons (Fsp3) is 0. The molecule has 0 aliphatic rings. The Balaban J connectivity index is 1.80. The second kappa shape index (κ2) is 6.05. The number of rotatable bonds is 4. The Hall–Kier alpha value is -3.21. The van der Waals surface area contributed by atoms with Gasteiger partial charge in [0.05, 0.1) is 10.6 Å². The molecule has 5 heteroatoms. The van der Waals surface area contributed by atoms with E-state index < -0.39 is 4.92 Å². The van der Waals surface area contributed by atoms with Gasteiger partial charge in [0.2, 0.25) is 0 Å². The third kappa shape index (κ3) is 3.09. The van der Waals surface area contributed by atoms with Gasteiger partial charge in [0, 0.05) is 42.0 Å². The molecule has 2 aromatic carbocycles. The Labute approximate surface area is 127 Å². The summed E-state index contributed by atoms with van der Waals surface area (Å²) in [5.74, 6) is 0. The molecule has 1 heterocycles. The molecular weight excluding hydrogens is 278 g/mol. The first-order chi connectivity index (χ1) is 10.7. The lowest BCUT2D eigenvalue weighted by atomic mass is 10.3. The van der Waals surface area contributed by atoms with Gasteiger partial charge in [-0.2, -0.15) is 0 Å². The highest BCUT2D eigenvalue weighted by Crippen LogP contribution is 2.19. The van der Waals surface area contributed by atoms with E-state index in [0.29, 0.717) is 5.69 Å². The van der Waals surface area contributed by atoms with E-state index in [2.05, 4.69) is 4.99 Å². The molecule has 0 atom stereocenters. The van der Waals surface area contributed by atoms with Crippen LogP contribution in [0.4, 0.5) is 11.4 Å². The Morgan fingerprint density at radius 1 is 1.05 bits per heavy atom. The van der Waals surface area contributed by atoms with Crippen LogP contribution in [0.15, 0.2) is 78.0 Å². The van der Waals surface area contributed by atoms with Crippen LogP contribution in [-0.4, -0.2) is 15.7 Å². The topological polar surface area (TPSA) is 60.4 Å². The molecule has 0 unspecified atom stereocenters. The molecule has 0 spiro atoms. The fourth-order valence-electron chi connectivity index (χ4n) is 2.09. The molecule has 108 valence electrons. The van der Waals surface area contributed by atoms with Crippen molar-refractivity contribution in [1.29, 1.82) is 0 Å². The molecule has 0 radical (unpaired) electrons. The fourth-order valence-corrected chi connectivity index (χ4v) is 2.09. The number of nitro groups is 1. The summed E-state index contributed by atoms with van der Waals surface area (Å²) in [6.07, 6.45) is 5.60. The summed E-state index contributed by atoms with van der Waals surface area (Å²) in [6, 6.07) is 18.2. The average Bonchev–Trinajstić information content (AvgIpc) is 3.03. The lowest BCUT2D eigenvalue weighted by Gasteiger charge is -2.00. The molecule has 5 nitrogen and oxygen atoms in total. The van der Waals surface area contributed by atoms with Crippen molar-refractivity contribution in [3.05, 3.63) is 88.7 Å². The maximum atomic E-state index is 10.7. The van der Waals surface area contributed by atoms with Crippen molar-refractivity contribution in [1.82, 2.24) is 4.57 Å². The summed E-state index contributed by atoms with van der Waals surface area (Å²) in [7, 11) is 0. The van der Waals surface area contributed by atoms with E-state index in [1.54, 1.807) is 18.3 Å². The zero-order valence-corrected chi connectivity index (χ0v) is 11.7. The SMILES string of the molecule is O=[N+]([O-])c1cccc(N=Cc2ccn(-c3ccccc3)c2)c1. The minimum Gasteiger partial charge on any atom is -0.323 e. The summed E-state index contributed by atoms with van der Waals surface area (Å²) >= 11 is 0. The van der Waals surface area contributed by atoms with Crippen molar-refractivity contribution in [2.75, 3.05) is 0 Å². The highest BCUT2D eigenvalue weighted by molar-refractivity contribution is 5.82. The zero-order chi connectivity index (χ0) is 15.4.